The normalized spacial score (nSPS) is 12.1. The van der Waals surface area contributed by atoms with Crippen LogP contribution in [-0.4, -0.2) is 14.2 Å². The van der Waals surface area contributed by atoms with Gasteiger partial charge in [0, 0.05) is 5.02 Å². The molecule has 1 atom stereocenters. The summed E-state index contributed by atoms with van der Waals surface area (Å²) in [6.45, 7) is 4.01. The molecule has 4 heteroatoms. The molecule has 112 valence electrons. The van der Waals surface area contributed by atoms with Crippen molar-refractivity contribution in [1.82, 2.24) is 0 Å². The second-order valence-corrected chi connectivity index (χ2v) is 5.54. The Morgan fingerprint density at radius 1 is 0.952 bits per heavy atom. The number of halogens is 1. The number of methoxy groups -OCH3 is 2. The van der Waals surface area contributed by atoms with Crippen LogP contribution in [0.3, 0.4) is 0 Å². The van der Waals surface area contributed by atoms with E-state index in [2.05, 4.69) is 0 Å². The van der Waals surface area contributed by atoms with Crippen LogP contribution in [0.15, 0.2) is 30.3 Å². The van der Waals surface area contributed by atoms with Gasteiger partial charge in [0.2, 0.25) is 0 Å². The van der Waals surface area contributed by atoms with Gasteiger partial charge in [-0.25, -0.2) is 0 Å². The predicted octanol–water partition coefficient (Wildman–Crippen LogP) is 4.02. The molecule has 0 spiro atoms. The van der Waals surface area contributed by atoms with Crippen LogP contribution in [0.1, 0.15) is 28.3 Å². The minimum Gasteiger partial charge on any atom is -0.493 e. The fourth-order valence-corrected chi connectivity index (χ4v) is 2.75. The second kappa shape index (κ2) is 6.37. The molecule has 0 saturated carbocycles. The van der Waals surface area contributed by atoms with Crippen molar-refractivity contribution in [2.75, 3.05) is 14.2 Å². The third-order valence-electron chi connectivity index (χ3n) is 3.53. The highest BCUT2D eigenvalue weighted by Gasteiger charge is 2.16. The zero-order valence-electron chi connectivity index (χ0n) is 12.7. The van der Waals surface area contributed by atoms with E-state index < -0.39 is 0 Å². The van der Waals surface area contributed by atoms with Crippen LogP contribution in [-0.2, 0) is 0 Å². The van der Waals surface area contributed by atoms with Gasteiger partial charge < -0.3 is 15.2 Å². The highest BCUT2D eigenvalue weighted by Crippen LogP contribution is 2.34. The van der Waals surface area contributed by atoms with Crippen LogP contribution < -0.4 is 15.2 Å². The third-order valence-corrected chi connectivity index (χ3v) is 3.75. The summed E-state index contributed by atoms with van der Waals surface area (Å²) in [5, 5.41) is 0.693. The Kier molecular flexibility index (Phi) is 4.76. The topological polar surface area (TPSA) is 44.5 Å². The van der Waals surface area contributed by atoms with Crippen molar-refractivity contribution in [3.05, 3.63) is 57.6 Å². The third kappa shape index (κ3) is 3.31. The lowest BCUT2D eigenvalue weighted by atomic mass is 9.94. The number of aryl methyl sites for hydroxylation is 2. The Morgan fingerprint density at radius 3 is 2.14 bits per heavy atom. The quantitative estimate of drug-likeness (QED) is 0.928. The zero-order chi connectivity index (χ0) is 15.6. The molecule has 0 radical (unpaired) electrons. The first-order valence-corrected chi connectivity index (χ1v) is 7.09. The highest BCUT2D eigenvalue weighted by atomic mass is 35.5. The first-order chi connectivity index (χ1) is 9.96. The predicted molar refractivity (Wildman–Crippen MR) is 86.5 cm³/mol. The van der Waals surface area contributed by atoms with Crippen molar-refractivity contribution in [1.29, 1.82) is 0 Å². The summed E-state index contributed by atoms with van der Waals surface area (Å²) in [7, 11) is 3.24. The molecule has 2 rings (SSSR count). The standard InChI is InChI=1S/C17H20ClNO2/c1-10-5-12(8-13(18)6-10)17(19)14-9-16(21-4)15(20-3)7-11(14)2/h5-9,17H,19H2,1-4H3. The minimum absolute atomic E-state index is 0.262. The zero-order valence-corrected chi connectivity index (χ0v) is 13.5. The van der Waals surface area contributed by atoms with E-state index in [1.807, 2.05) is 44.2 Å². The average Bonchev–Trinajstić information content (AvgIpc) is 2.45. The molecule has 0 aromatic heterocycles. The summed E-state index contributed by atoms with van der Waals surface area (Å²) < 4.78 is 10.7. The van der Waals surface area contributed by atoms with Crippen LogP contribution in [0.4, 0.5) is 0 Å². The molecule has 2 aromatic carbocycles. The molecule has 0 aliphatic heterocycles. The van der Waals surface area contributed by atoms with E-state index in [0.717, 1.165) is 22.3 Å². The molecule has 0 aliphatic carbocycles. The van der Waals surface area contributed by atoms with E-state index in [-0.39, 0.29) is 6.04 Å². The lowest BCUT2D eigenvalue weighted by molar-refractivity contribution is 0.354. The molecule has 3 nitrogen and oxygen atoms in total. The van der Waals surface area contributed by atoms with Crippen molar-refractivity contribution >= 4 is 11.6 Å². The maximum absolute atomic E-state index is 6.42. The van der Waals surface area contributed by atoms with Gasteiger partial charge in [-0.15, -0.1) is 0 Å². The van der Waals surface area contributed by atoms with Crippen molar-refractivity contribution in [2.24, 2.45) is 5.73 Å². The van der Waals surface area contributed by atoms with Crippen molar-refractivity contribution in [3.63, 3.8) is 0 Å². The first-order valence-electron chi connectivity index (χ1n) is 6.71. The minimum atomic E-state index is -0.262. The van der Waals surface area contributed by atoms with Gasteiger partial charge in [0.15, 0.2) is 11.5 Å². The second-order valence-electron chi connectivity index (χ2n) is 5.10. The Hall–Kier alpha value is -1.71. The smallest absolute Gasteiger partial charge is 0.161 e. The van der Waals surface area contributed by atoms with E-state index in [1.165, 1.54) is 0 Å². The van der Waals surface area contributed by atoms with Crippen LogP contribution in [0.25, 0.3) is 0 Å². The van der Waals surface area contributed by atoms with Gasteiger partial charge in [-0.2, -0.15) is 0 Å². The summed E-state index contributed by atoms with van der Waals surface area (Å²) in [5.41, 5.74) is 10.5. The number of nitrogens with two attached hydrogens (primary N) is 1. The maximum atomic E-state index is 6.42. The summed E-state index contributed by atoms with van der Waals surface area (Å²) >= 11 is 6.13. The molecule has 2 N–H and O–H groups in total. The van der Waals surface area contributed by atoms with E-state index in [4.69, 9.17) is 26.8 Å². The first kappa shape index (κ1) is 15.7. The van der Waals surface area contributed by atoms with Crippen molar-refractivity contribution in [2.45, 2.75) is 19.9 Å². The number of hydrogen-bond acceptors (Lipinski definition) is 3. The van der Waals surface area contributed by atoms with Crippen LogP contribution in [0.5, 0.6) is 11.5 Å². The van der Waals surface area contributed by atoms with Crippen molar-refractivity contribution < 1.29 is 9.47 Å². The van der Waals surface area contributed by atoms with E-state index in [0.29, 0.717) is 16.5 Å². The maximum Gasteiger partial charge on any atom is 0.161 e. The number of ether oxygens (including phenoxy) is 2. The number of rotatable bonds is 4. The molecule has 0 amide bonds. The van der Waals surface area contributed by atoms with Gasteiger partial charge in [-0.1, -0.05) is 17.7 Å². The molecule has 0 heterocycles. The molecule has 0 bridgehead atoms. The van der Waals surface area contributed by atoms with Crippen LogP contribution in [0, 0.1) is 13.8 Å². The summed E-state index contributed by atoms with van der Waals surface area (Å²) in [6, 6.07) is 9.46. The average molecular weight is 306 g/mol. The summed E-state index contributed by atoms with van der Waals surface area (Å²) in [4.78, 5) is 0. The molecular formula is C17H20ClNO2. The number of benzene rings is 2. The summed E-state index contributed by atoms with van der Waals surface area (Å²) in [5.74, 6) is 1.38. The molecule has 0 fully saturated rings. The fraction of sp³-hybridized carbons (Fsp3) is 0.294. The largest absolute Gasteiger partial charge is 0.493 e. The fourth-order valence-electron chi connectivity index (χ4n) is 2.46. The van der Waals surface area contributed by atoms with Gasteiger partial charge in [0.25, 0.3) is 0 Å². The van der Waals surface area contributed by atoms with Gasteiger partial charge in [0.05, 0.1) is 20.3 Å². The highest BCUT2D eigenvalue weighted by molar-refractivity contribution is 6.30. The lowest BCUT2D eigenvalue weighted by Crippen LogP contribution is -2.14. The SMILES string of the molecule is COc1cc(C)c(C(N)c2cc(C)cc(Cl)c2)cc1OC. The molecule has 2 aromatic rings. The molecule has 0 saturated heterocycles. The Labute approximate surface area is 130 Å². The Bertz CT molecular complexity index is 635. The van der Waals surface area contributed by atoms with Crippen LogP contribution in [0.2, 0.25) is 5.02 Å². The summed E-state index contributed by atoms with van der Waals surface area (Å²) in [6.07, 6.45) is 0. The van der Waals surface area contributed by atoms with E-state index >= 15 is 0 Å². The molecule has 21 heavy (non-hydrogen) atoms. The van der Waals surface area contributed by atoms with Gasteiger partial charge >= 0.3 is 0 Å². The lowest BCUT2D eigenvalue weighted by Gasteiger charge is -2.19. The Balaban J connectivity index is 2.49. The van der Waals surface area contributed by atoms with Gasteiger partial charge in [-0.3, -0.25) is 0 Å². The van der Waals surface area contributed by atoms with Crippen LogP contribution >= 0.6 is 11.6 Å². The van der Waals surface area contributed by atoms with Crippen molar-refractivity contribution in [3.8, 4) is 11.5 Å². The number of hydrogen-bond donors (Lipinski definition) is 1. The van der Waals surface area contributed by atoms with E-state index in [1.54, 1.807) is 14.2 Å². The molecule has 1 unspecified atom stereocenters. The van der Waals surface area contributed by atoms with E-state index in [9.17, 15) is 0 Å². The van der Waals surface area contributed by atoms with Gasteiger partial charge in [0.1, 0.15) is 0 Å². The van der Waals surface area contributed by atoms with Gasteiger partial charge in [-0.05, 0) is 60.4 Å². The molecule has 0 aliphatic rings. The monoisotopic (exact) mass is 305 g/mol. The molecular weight excluding hydrogens is 286 g/mol. The Morgan fingerprint density at radius 2 is 1.57 bits per heavy atom.